The van der Waals surface area contributed by atoms with Crippen LogP contribution in [0.25, 0.3) is 0 Å². The smallest absolute Gasteiger partial charge is 0.264 e. The summed E-state index contributed by atoms with van der Waals surface area (Å²) >= 11 is 0. The minimum absolute atomic E-state index is 0.0857. The number of hydrogen-bond acceptors (Lipinski definition) is 3. The maximum atomic E-state index is 10.6. The Kier molecular flexibility index (Phi) is 18.2. The van der Waals surface area contributed by atoms with E-state index in [0.29, 0.717) is 6.42 Å². The van der Waals surface area contributed by atoms with Crippen LogP contribution in [-0.2, 0) is 10.1 Å². The van der Waals surface area contributed by atoms with Crippen LogP contribution in [0, 0.1) is 0 Å². The molecular weight excluding hydrogens is 348 g/mol. The van der Waals surface area contributed by atoms with E-state index in [2.05, 4.69) is 6.92 Å². The third kappa shape index (κ3) is 21.9. The van der Waals surface area contributed by atoms with Crippen LogP contribution in [0.3, 0.4) is 0 Å². The van der Waals surface area contributed by atoms with Crippen molar-refractivity contribution in [1.82, 2.24) is 0 Å². The summed E-state index contributed by atoms with van der Waals surface area (Å²) in [6, 6.07) is 0. The maximum absolute atomic E-state index is 10.6. The van der Waals surface area contributed by atoms with Crippen molar-refractivity contribution in [3.05, 3.63) is 0 Å². The van der Waals surface area contributed by atoms with Gasteiger partial charge in [-0.1, -0.05) is 103 Å². The second-order valence-corrected chi connectivity index (χ2v) is 9.39. The summed E-state index contributed by atoms with van der Waals surface area (Å²) < 4.78 is 29.8. The number of unbranched alkanes of at least 4 members (excludes halogenated alkanes) is 14. The average Bonchev–Trinajstić information content (AvgIpc) is 2.58. The van der Waals surface area contributed by atoms with Gasteiger partial charge in [0.25, 0.3) is 10.1 Å². The summed E-state index contributed by atoms with van der Waals surface area (Å²) in [4.78, 5) is 0. The highest BCUT2D eigenvalue weighted by Gasteiger charge is 2.04. The minimum Gasteiger partial charge on any atom is -0.393 e. The maximum Gasteiger partial charge on any atom is 0.264 e. The van der Waals surface area contributed by atoms with Gasteiger partial charge in [-0.3, -0.25) is 4.55 Å². The molecule has 0 aliphatic heterocycles. The standard InChI is InChI=1S/C21H44O4S/c1-2-3-4-12-15-18-21(22)19-16-13-10-8-6-5-7-9-11-14-17-20-26(23,24)25/h21-22H,2-20H2,1H3,(H,23,24,25). The SMILES string of the molecule is CCCCCCCC(O)CCCCCCCCCCCCCS(=O)(=O)O. The molecule has 0 aromatic heterocycles. The van der Waals surface area contributed by atoms with Crippen LogP contribution in [0.4, 0.5) is 0 Å². The van der Waals surface area contributed by atoms with E-state index in [1.165, 1.54) is 70.6 Å². The minimum atomic E-state index is -3.77. The fourth-order valence-electron chi connectivity index (χ4n) is 3.38. The lowest BCUT2D eigenvalue weighted by Crippen LogP contribution is -2.05. The molecule has 0 fully saturated rings. The summed E-state index contributed by atoms with van der Waals surface area (Å²) in [5.74, 6) is -0.0967. The van der Waals surface area contributed by atoms with Crippen LogP contribution < -0.4 is 0 Å². The highest BCUT2D eigenvalue weighted by atomic mass is 32.2. The first-order chi connectivity index (χ1) is 12.5. The lowest BCUT2D eigenvalue weighted by molar-refractivity contribution is 0.147. The van der Waals surface area contributed by atoms with Crippen molar-refractivity contribution in [2.75, 3.05) is 5.75 Å². The van der Waals surface area contributed by atoms with E-state index in [4.69, 9.17) is 4.55 Å². The molecule has 4 nitrogen and oxygen atoms in total. The van der Waals surface area contributed by atoms with Gasteiger partial charge in [0, 0.05) is 0 Å². The molecule has 5 heteroatoms. The van der Waals surface area contributed by atoms with Crippen LogP contribution in [0.5, 0.6) is 0 Å². The zero-order chi connectivity index (χ0) is 19.5. The molecule has 0 heterocycles. The summed E-state index contributed by atoms with van der Waals surface area (Å²) in [6.07, 6.45) is 20.6. The summed E-state index contributed by atoms with van der Waals surface area (Å²) in [5.41, 5.74) is 0. The van der Waals surface area contributed by atoms with E-state index in [9.17, 15) is 13.5 Å². The predicted octanol–water partition coefficient (Wildman–Crippen LogP) is 6.28. The van der Waals surface area contributed by atoms with Crippen molar-refractivity contribution >= 4 is 10.1 Å². The van der Waals surface area contributed by atoms with Crippen LogP contribution in [0.1, 0.15) is 122 Å². The van der Waals surface area contributed by atoms with Gasteiger partial charge in [0.1, 0.15) is 0 Å². The highest BCUT2D eigenvalue weighted by molar-refractivity contribution is 7.85. The first kappa shape index (κ1) is 25.9. The Labute approximate surface area is 162 Å². The van der Waals surface area contributed by atoms with Crippen molar-refractivity contribution in [2.24, 2.45) is 0 Å². The van der Waals surface area contributed by atoms with Crippen LogP contribution in [-0.4, -0.2) is 29.9 Å². The Morgan fingerprint density at radius 3 is 1.35 bits per heavy atom. The van der Waals surface area contributed by atoms with Gasteiger partial charge in [0.15, 0.2) is 0 Å². The van der Waals surface area contributed by atoms with Crippen molar-refractivity contribution in [2.45, 2.75) is 129 Å². The first-order valence-electron chi connectivity index (χ1n) is 11.1. The molecule has 0 amide bonds. The quantitative estimate of drug-likeness (QED) is 0.189. The molecule has 1 atom stereocenters. The predicted molar refractivity (Wildman–Crippen MR) is 111 cm³/mol. The van der Waals surface area contributed by atoms with E-state index in [1.54, 1.807) is 0 Å². The van der Waals surface area contributed by atoms with Crippen LogP contribution in [0.2, 0.25) is 0 Å². The molecule has 158 valence electrons. The molecule has 0 rings (SSSR count). The van der Waals surface area contributed by atoms with Gasteiger partial charge >= 0.3 is 0 Å². The molecule has 0 aliphatic carbocycles. The largest absolute Gasteiger partial charge is 0.393 e. The number of aliphatic hydroxyl groups is 1. The monoisotopic (exact) mass is 392 g/mol. The second kappa shape index (κ2) is 18.2. The Morgan fingerprint density at radius 2 is 0.962 bits per heavy atom. The Hall–Kier alpha value is -0.130. The molecule has 0 spiro atoms. The number of aliphatic hydroxyl groups excluding tert-OH is 1. The van der Waals surface area contributed by atoms with Crippen molar-refractivity contribution in [3.8, 4) is 0 Å². The summed E-state index contributed by atoms with van der Waals surface area (Å²) in [5, 5.41) is 9.96. The first-order valence-corrected chi connectivity index (χ1v) is 12.7. The molecule has 0 saturated carbocycles. The van der Waals surface area contributed by atoms with Gasteiger partial charge in [-0.15, -0.1) is 0 Å². The number of rotatable bonds is 20. The molecule has 0 saturated heterocycles. The fourth-order valence-corrected chi connectivity index (χ4v) is 3.95. The van der Waals surface area contributed by atoms with Crippen molar-refractivity contribution in [1.29, 1.82) is 0 Å². The second-order valence-electron chi connectivity index (χ2n) is 7.82. The Morgan fingerprint density at radius 1 is 0.615 bits per heavy atom. The van der Waals surface area contributed by atoms with E-state index in [-0.39, 0.29) is 11.9 Å². The van der Waals surface area contributed by atoms with Gasteiger partial charge in [0.05, 0.1) is 11.9 Å². The van der Waals surface area contributed by atoms with E-state index in [1.807, 2.05) is 0 Å². The topological polar surface area (TPSA) is 74.6 Å². The van der Waals surface area contributed by atoms with Gasteiger partial charge in [-0.25, -0.2) is 0 Å². The molecule has 0 radical (unpaired) electrons. The van der Waals surface area contributed by atoms with Gasteiger partial charge in [-0.05, 0) is 19.3 Å². The van der Waals surface area contributed by atoms with E-state index >= 15 is 0 Å². The van der Waals surface area contributed by atoms with E-state index in [0.717, 1.165) is 38.5 Å². The molecule has 26 heavy (non-hydrogen) atoms. The fraction of sp³-hybridized carbons (Fsp3) is 1.00. The van der Waals surface area contributed by atoms with Crippen molar-refractivity contribution in [3.63, 3.8) is 0 Å². The molecule has 0 bridgehead atoms. The van der Waals surface area contributed by atoms with Gasteiger partial charge < -0.3 is 5.11 Å². The van der Waals surface area contributed by atoms with Crippen LogP contribution in [0.15, 0.2) is 0 Å². The summed E-state index contributed by atoms with van der Waals surface area (Å²) in [6.45, 7) is 2.23. The lowest BCUT2D eigenvalue weighted by Gasteiger charge is -2.10. The lowest BCUT2D eigenvalue weighted by atomic mass is 10.0. The molecular formula is C21H44O4S. The third-order valence-corrected chi connectivity index (χ3v) is 5.89. The average molecular weight is 393 g/mol. The Bertz CT molecular complexity index is 381. The van der Waals surface area contributed by atoms with Crippen LogP contribution >= 0.6 is 0 Å². The zero-order valence-electron chi connectivity index (χ0n) is 17.1. The molecule has 0 aliphatic rings. The Balaban J connectivity index is 3.17. The molecule has 0 aromatic rings. The van der Waals surface area contributed by atoms with E-state index < -0.39 is 10.1 Å². The molecule has 2 N–H and O–H groups in total. The summed E-state index contributed by atoms with van der Waals surface area (Å²) in [7, 11) is -3.77. The third-order valence-electron chi connectivity index (χ3n) is 5.08. The van der Waals surface area contributed by atoms with Gasteiger partial charge in [0.2, 0.25) is 0 Å². The molecule has 0 aromatic carbocycles. The van der Waals surface area contributed by atoms with Crippen molar-refractivity contribution < 1.29 is 18.1 Å². The zero-order valence-corrected chi connectivity index (χ0v) is 17.9. The highest BCUT2D eigenvalue weighted by Crippen LogP contribution is 2.15. The molecule has 1 unspecified atom stereocenters. The normalized spacial score (nSPS) is 13.2. The van der Waals surface area contributed by atoms with Gasteiger partial charge in [-0.2, -0.15) is 8.42 Å². The number of hydrogen-bond donors (Lipinski definition) is 2.